The van der Waals surface area contributed by atoms with Crippen molar-refractivity contribution >= 4 is 11.6 Å². The third-order valence-electron chi connectivity index (χ3n) is 2.69. The minimum atomic E-state index is 0.0511. The topological polar surface area (TPSA) is 55.6 Å². The quantitative estimate of drug-likeness (QED) is 0.722. The third-order valence-corrected chi connectivity index (χ3v) is 2.69. The molecule has 1 amide bonds. The van der Waals surface area contributed by atoms with E-state index in [0.29, 0.717) is 30.9 Å². The van der Waals surface area contributed by atoms with Gasteiger partial charge in [-0.25, -0.2) is 0 Å². The van der Waals surface area contributed by atoms with Crippen LogP contribution in [0.1, 0.15) is 17.3 Å². The average Bonchev–Trinajstić information content (AvgIpc) is 2.29. The number of hydrogen-bond donors (Lipinski definition) is 1. The average molecular weight is 220 g/mol. The highest BCUT2D eigenvalue weighted by Gasteiger charge is 2.22. The van der Waals surface area contributed by atoms with Crippen molar-refractivity contribution in [2.24, 2.45) is 0 Å². The minimum absolute atomic E-state index is 0.0511. The van der Waals surface area contributed by atoms with Crippen LogP contribution in [0.25, 0.3) is 0 Å². The molecular formula is C12H16N2O2. The Morgan fingerprint density at radius 1 is 1.44 bits per heavy atom. The Morgan fingerprint density at radius 3 is 2.75 bits per heavy atom. The molecule has 1 aromatic carbocycles. The minimum Gasteiger partial charge on any atom is -0.399 e. The molecule has 1 aliphatic heterocycles. The maximum absolute atomic E-state index is 12.1. The van der Waals surface area contributed by atoms with E-state index < -0.39 is 0 Å². The van der Waals surface area contributed by atoms with Gasteiger partial charge >= 0.3 is 0 Å². The Hall–Kier alpha value is -1.55. The number of benzene rings is 1. The zero-order chi connectivity index (χ0) is 11.5. The van der Waals surface area contributed by atoms with Gasteiger partial charge in [0.05, 0.1) is 12.7 Å². The Morgan fingerprint density at radius 2 is 2.12 bits per heavy atom. The number of nitrogen functional groups attached to an aromatic ring is 1. The van der Waals surface area contributed by atoms with Crippen molar-refractivity contribution in [3.8, 4) is 0 Å². The SMILES string of the molecule is C[C@H]1CN(C(=O)c2ccc(N)cc2)CCO1. The summed E-state index contributed by atoms with van der Waals surface area (Å²) in [6, 6.07) is 7.02. The van der Waals surface area contributed by atoms with Crippen molar-refractivity contribution in [1.82, 2.24) is 4.90 Å². The smallest absolute Gasteiger partial charge is 0.254 e. The summed E-state index contributed by atoms with van der Waals surface area (Å²) >= 11 is 0. The number of nitrogens with two attached hydrogens (primary N) is 1. The number of hydrogen-bond acceptors (Lipinski definition) is 3. The van der Waals surface area contributed by atoms with E-state index in [4.69, 9.17) is 10.5 Å². The van der Waals surface area contributed by atoms with E-state index in [1.165, 1.54) is 0 Å². The van der Waals surface area contributed by atoms with E-state index >= 15 is 0 Å². The molecule has 2 rings (SSSR count). The van der Waals surface area contributed by atoms with Crippen molar-refractivity contribution in [3.05, 3.63) is 29.8 Å². The van der Waals surface area contributed by atoms with Crippen LogP contribution >= 0.6 is 0 Å². The number of carbonyl (C=O) groups excluding carboxylic acids is 1. The first kappa shape index (κ1) is 11.0. The molecule has 0 saturated carbocycles. The first-order chi connectivity index (χ1) is 7.66. The molecule has 0 spiro atoms. The summed E-state index contributed by atoms with van der Waals surface area (Å²) in [5, 5.41) is 0. The lowest BCUT2D eigenvalue weighted by Crippen LogP contribution is -2.44. The van der Waals surface area contributed by atoms with E-state index in [9.17, 15) is 4.79 Å². The molecule has 1 heterocycles. The van der Waals surface area contributed by atoms with Crippen LogP contribution in [0.3, 0.4) is 0 Å². The van der Waals surface area contributed by atoms with Crippen LogP contribution in [0, 0.1) is 0 Å². The van der Waals surface area contributed by atoms with Gasteiger partial charge in [0.2, 0.25) is 0 Å². The predicted octanol–water partition coefficient (Wildman–Crippen LogP) is 1.13. The molecule has 0 bridgehead atoms. The highest BCUT2D eigenvalue weighted by molar-refractivity contribution is 5.94. The maximum Gasteiger partial charge on any atom is 0.254 e. The molecule has 2 N–H and O–H groups in total. The fourth-order valence-corrected chi connectivity index (χ4v) is 1.81. The summed E-state index contributed by atoms with van der Waals surface area (Å²) in [5.74, 6) is 0.0511. The highest BCUT2D eigenvalue weighted by Crippen LogP contribution is 2.12. The lowest BCUT2D eigenvalue weighted by Gasteiger charge is -2.31. The number of anilines is 1. The Kier molecular flexibility index (Phi) is 3.10. The summed E-state index contributed by atoms with van der Waals surface area (Å²) in [5.41, 5.74) is 6.94. The molecule has 0 radical (unpaired) electrons. The summed E-state index contributed by atoms with van der Waals surface area (Å²) < 4.78 is 5.40. The van der Waals surface area contributed by atoms with Gasteiger partial charge in [0.1, 0.15) is 0 Å². The Balaban J connectivity index is 2.09. The molecule has 1 saturated heterocycles. The lowest BCUT2D eigenvalue weighted by atomic mass is 10.1. The highest BCUT2D eigenvalue weighted by atomic mass is 16.5. The predicted molar refractivity (Wildman–Crippen MR) is 62.2 cm³/mol. The second-order valence-electron chi connectivity index (χ2n) is 4.05. The van der Waals surface area contributed by atoms with Gasteiger partial charge in [0.15, 0.2) is 0 Å². The van der Waals surface area contributed by atoms with Gasteiger partial charge in [-0.1, -0.05) is 0 Å². The molecule has 1 atom stereocenters. The van der Waals surface area contributed by atoms with Crippen molar-refractivity contribution in [1.29, 1.82) is 0 Å². The Bertz CT molecular complexity index is 375. The maximum atomic E-state index is 12.1. The number of rotatable bonds is 1. The van der Waals surface area contributed by atoms with Crippen LogP contribution in [-0.4, -0.2) is 36.6 Å². The van der Waals surface area contributed by atoms with Gasteiger partial charge < -0.3 is 15.4 Å². The fraction of sp³-hybridized carbons (Fsp3) is 0.417. The molecule has 4 nitrogen and oxygen atoms in total. The normalized spacial score (nSPS) is 20.8. The second kappa shape index (κ2) is 4.53. The van der Waals surface area contributed by atoms with Gasteiger partial charge in [-0.05, 0) is 31.2 Å². The molecule has 0 aromatic heterocycles. The first-order valence-electron chi connectivity index (χ1n) is 5.43. The molecular weight excluding hydrogens is 204 g/mol. The Labute approximate surface area is 95.0 Å². The monoisotopic (exact) mass is 220 g/mol. The van der Waals surface area contributed by atoms with Crippen molar-refractivity contribution in [2.45, 2.75) is 13.0 Å². The van der Waals surface area contributed by atoms with Gasteiger partial charge in [-0.15, -0.1) is 0 Å². The number of carbonyl (C=O) groups is 1. The molecule has 16 heavy (non-hydrogen) atoms. The number of amides is 1. The molecule has 86 valence electrons. The summed E-state index contributed by atoms with van der Waals surface area (Å²) in [7, 11) is 0. The fourth-order valence-electron chi connectivity index (χ4n) is 1.81. The zero-order valence-electron chi connectivity index (χ0n) is 9.35. The number of nitrogens with zero attached hydrogens (tertiary/aromatic N) is 1. The molecule has 4 heteroatoms. The van der Waals surface area contributed by atoms with E-state index in [1.807, 2.05) is 11.8 Å². The van der Waals surface area contributed by atoms with Crippen LogP contribution in [0.2, 0.25) is 0 Å². The lowest BCUT2D eigenvalue weighted by molar-refractivity contribution is -0.0124. The molecule has 1 aliphatic rings. The van der Waals surface area contributed by atoms with Crippen molar-refractivity contribution < 1.29 is 9.53 Å². The van der Waals surface area contributed by atoms with Crippen LogP contribution in [0.5, 0.6) is 0 Å². The summed E-state index contributed by atoms with van der Waals surface area (Å²) in [4.78, 5) is 13.9. The van der Waals surface area contributed by atoms with Crippen LogP contribution in [0.4, 0.5) is 5.69 Å². The molecule has 1 aromatic rings. The van der Waals surface area contributed by atoms with E-state index in [1.54, 1.807) is 24.3 Å². The van der Waals surface area contributed by atoms with Crippen molar-refractivity contribution in [2.75, 3.05) is 25.4 Å². The zero-order valence-corrected chi connectivity index (χ0v) is 9.35. The van der Waals surface area contributed by atoms with Gasteiger partial charge in [-0.2, -0.15) is 0 Å². The van der Waals surface area contributed by atoms with Crippen LogP contribution < -0.4 is 5.73 Å². The van der Waals surface area contributed by atoms with Gasteiger partial charge in [0, 0.05) is 24.3 Å². The number of morpholine rings is 1. The largest absolute Gasteiger partial charge is 0.399 e. The summed E-state index contributed by atoms with van der Waals surface area (Å²) in [6.07, 6.45) is 0.117. The van der Waals surface area contributed by atoms with Crippen LogP contribution in [-0.2, 0) is 4.74 Å². The van der Waals surface area contributed by atoms with E-state index in [-0.39, 0.29) is 12.0 Å². The first-order valence-corrected chi connectivity index (χ1v) is 5.43. The molecule has 0 aliphatic carbocycles. The van der Waals surface area contributed by atoms with E-state index in [0.717, 1.165) is 0 Å². The van der Waals surface area contributed by atoms with Gasteiger partial charge in [-0.3, -0.25) is 4.79 Å². The van der Waals surface area contributed by atoms with Gasteiger partial charge in [0.25, 0.3) is 5.91 Å². The molecule has 0 unspecified atom stereocenters. The van der Waals surface area contributed by atoms with Crippen LogP contribution in [0.15, 0.2) is 24.3 Å². The summed E-state index contributed by atoms with van der Waals surface area (Å²) in [6.45, 7) is 3.90. The third kappa shape index (κ3) is 2.33. The molecule has 1 fully saturated rings. The van der Waals surface area contributed by atoms with E-state index in [2.05, 4.69) is 0 Å². The number of ether oxygens (including phenoxy) is 1. The standard InChI is InChI=1S/C12H16N2O2/c1-9-8-14(6-7-16-9)12(15)10-2-4-11(13)5-3-10/h2-5,9H,6-8,13H2,1H3/t9-/m0/s1. The second-order valence-corrected chi connectivity index (χ2v) is 4.05. The van der Waals surface area contributed by atoms with Crippen molar-refractivity contribution in [3.63, 3.8) is 0 Å².